The molecule has 3 aromatic rings. The van der Waals surface area contributed by atoms with Gasteiger partial charge in [0.1, 0.15) is 11.6 Å². The molecule has 2 aromatic heterocycles. The van der Waals surface area contributed by atoms with Crippen molar-refractivity contribution in [3.8, 4) is 0 Å². The van der Waals surface area contributed by atoms with Gasteiger partial charge in [0.25, 0.3) is 0 Å². The number of aliphatic imine (C=N–C) groups is 1. The van der Waals surface area contributed by atoms with Gasteiger partial charge in [0.05, 0.1) is 12.1 Å². The van der Waals surface area contributed by atoms with E-state index in [-0.39, 0.29) is 24.5 Å². The van der Waals surface area contributed by atoms with Gasteiger partial charge in [-0.3, -0.25) is 0 Å². The molecule has 11 heteroatoms. The van der Waals surface area contributed by atoms with Crippen LogP contribution in [0.2, 0.25) is 0 Å². The number of nitrogens with zero attached hydrogens (tertiary/aromatic N) is 7. The largest absolute Gasteiger partial charge is 0.451 e. The van der Waals surface area contributed by atoms with Gasteiger partial charge in [0, 0.05) is 54.4 Å². The molecule has 7 rings (SSSR count). The van der Waals surface area contributed by atoms with Crippen molar-refractivity contribution < 1.29 is 13.2 Å². The summed E-state index contributed by atoms with van der Waals surface area (Å²) >= 11 is 0. The van der Waals surface area contributed by atoms with E-state index in [2.05, 4.69) is 32.2 Å². The Morgan fingerprint density at radius 2 is 1.92 bits per heavy atom. The molecular formula is C25H23F3N8. The Kier molecular flexibility index (Phi) is 4.35. The number of fused-ring (bicyclic) bond motifs is 5. The zero-order valence-corrected chi connectivity index (χ0v) is 19.3. The SMILES string of the molecule is Nc1nccc2c(N3CCCC34C3=CC=C(N5CCn6c(nnc6C(F)(F)F)C5)N=CC34)cccc12. The molecular weight excluding hydrogens is 469 g/mol. The predicted molar refractivity (Wildman–Crippen MR) is 129 cm³/mol. The van der Waals surface area contributed by atoms with E-state index in [1.807, 2.05) is 35.4 Å². The van der Waals surface area contributed by atoms with Gasteiger partial charge < -0.3 is 20.1 Å². The standard InChI is InChI=1S/C25H23F3N8/c26-25(27,28)23-33-32-21-14-34(11-12-35(21)23)20-6-5-17-18(13-31-20)24(17)8-2-10-36(24)19-4-1-3-16-15(19)7-9-30-22(16)29/h1,3-7,9,13,18H,2,8,10-12,14H2,(H2,29,30). The quantitative estimate of drug-likeness (QED) is 0.586. The minimum atomic E-state index is -4.51. The third-order valence-corrected chi connectivity index (χ3v) is 7.89. The summed E-state index contributed by atoms with van der Waals surface area (Å²) in [4.78, 5) is 13.5. The molecule has 1 spiro atoms. The summed E-state index contributed by atoms with van der Waals surface area (Å²) in [5.74, 6) is 0.818. The van der Waals surface area contributed by atoms with Crippen LogP contribution in [0.1, 0.15) is 24.5 Å². The number of pyridine rings is 1. The number of benzene rings is 1. The molecule has 2 fully saturated rings. The molecule has 4 aliphatic rings. The number of rotatable bonds is 2. The molecule has 2 atom stereocenters. The van der Waals surface area contributed by atoms with Crippen LogP contribution < -0.4 is 10.6 Å². The maximum absolute atomic E-state index is 13.2. The average molecular weight is 493 g/mol. The van der Waals surface area contributed by atoms with E-state index in [1.165, 1.54) is 5.57 Å². The minimum absolute atomic E-state index is 0.0957. The predicted octanol–water partition coefficient (Wildman–Crippen LogP) is 3.76. The van der Waals surface area contributed by atoms with Crippen LogP contribution in [-0.4, -0.2) is 49.5 Å². The molecule has 5 heterocycles. The highest BCUT2D eigenvalue weighted by atomic mass is 19.4. The van der Waals surface area contributed by atoms with Gasteiger partial charge in [-0.05, 0) is 36.6 Å². The Morgan fingerprint density at radius 1 is 1.03 bits per heavy atom. The van der Waals surface area contributed by atoms with Crippen LogP contribution in [0.3, 0.4) is 0 Å². The number of anilines is 2. The van der Waals surface area contributed by atoms with Gasteiger partial charge in [-0.1, -0.05) is 18.2 Å². The lowest BCUT2D eigenvalue weighted by Crippen LogP contribution is -2.35. The Bertz CT molecular complexity index is 1490. The fourth-order valence-corrected chi connectivity index (χ4v) is 6.22. The second-order valence-corrected chi connectivity index (χ2v) is 9.66. The van der Waals surface area contributed by atoms with Crippen LogP contribution in [0, 0.1) is 5.92 Å². The van der Waals surface area contributed by atoms with Crippen LogP contribution in [0.15, 0.2) is 59.0 Å². The molecule has 2 N–H and O–H groups in total. The van der Waals surface area contributed by atoms with E-state index in [0.29, 0.717) is 18.2 Å². The molecule has 1 aliphatic carbocycles. The van der Waals surface area contributed by atoms with Crippen molar-refractivity contribution in [1.82, 2.24) is 24.6 Å². The van der Waals surface area contributed by atoms with Crippen LogP contribution in [0.5, 0.6) is 0 Å². The molecule has 1 saturated carbocycles. The first-order valence-electron chi connectivity index (χ1n) is 12.0. The maximum atomic E-state index is 13.2. The van der Waals surface area contributed by atoms with E-state index >= 15 is 0 Å². The van der Waals surface area contributed by atoms with E-state index in [1.54, 1.807) is 6.20 Å². The third-order valence-electron chi connectivity index (χ3n) is 7.89. The highest BCUT2D eigenvalue weighted by Crippen LogP contribution is 2.61. The summed E-state index contributed by atoms with van der Waals surface area (Å²) in [6.45, 7) is 1.76. The monoisotopic (exact) mass is 492 g/mol. The summed E-state index contributed by atoms with van der Waals surface area (Å²) in [7, 11) is 0. The van der Waals surface area contributed by atoms with Crippen LogP contribution in [0.25, 0.3) is 10.8 Å². The molecule has 3 aliphatic heterocycles. The molecule has 36 heavy (non-hydrogen) atoms. The Labute approximate surface area is 204 Å². The number of halogens is 3. The van der Waals surface area contributed by atoms with E-state index < -0.39 is 12.0 Å². The van der Waals surface area contributed by atoms with Gasteiger partial charge in [-0.15, -0.1) is 10.2 Å². The van der Waals surface area contributed by atoms with Gasteiger partial charge in [0.2, 0.25) is 5.82 Å². The number of allylic oxidation sites excluding steroid dienone is 2. The minimum Gasteiger partial charge on any atom is -0.383 e. The summed E-state index contributed by atoms with van der Waals surface area (Å²) in [5.41, 5.74) is 8.52. The Morgan fingerprint density at radius 3 is 2.78 bits per heavy atom. The van der Waals surface area contributed by atoms with Crippen molar-refractivity contribution in [1.29, 1.82) is 0 Å². The molecule has 1 aromatic carbocycles. The zero-order chi connectivity index (χ0) is 24.7. The number of nitrogens with two attached hydrogens (primary N) is 1. The second-order valence-electron chi connectivity index (χ2n) is 9.66. The molecule has 1 saturated heterocycles. The normalized spacial score (nSPS) is 25.0. The fraction of sp³-hybridized carbons (Fsp3) is 0.360. The molecule has 0 amide bonds. The number of hydrogen-bond acceptors (Lipinski definition) is 7. The number of alkyl halides is 3. The van der Waals surface area contributed by atoms with Crippen molar-refractivity contribution in [3.05, 3.63) is 65.7 Å². The zero-order valence-electron chi connectivity index (χ0n) is 19.3. The summed E-state index contributed by atoms with van der Waals surface area (Å²) in [6.07, 6.45) is 5.51. The van der Waals surface area contributed by atoms with E-state index in [0.717, 1.165) is 46.2 Å². The molecule has 8 nitrogen and oxygen atoms in total. The highest BCUT2D eigenvalue weighted by molar-refractivity contribution is 6.01. The first-order valence-corrected chi connectivity index (χ1v) is 12.0. The number of hydrogen-bond donors (Lipinski definition) is 1. The van der Waals surface area contributed by atoms with Crippen molar-refractivity contribution >= 4 is 28.5 Å². The van der Waals surface area contributed by atoms with Crippen molar-refractivity contribution in [3.63, 3.8) is 0 Å². The summed E-state index contributed by atoms with van der Waals surface area (Å²) in [6, 6.07) is 8.19. The van der Waals surface area contributed by atoms with Gasteiger partial charge in [-0.2, -0.15) is 13.2 Å². The lowest BCUT2D eigenvalue weighted by molar-refractivity contribution is -0.147. The topological polar surface area (TPSA) is 88.5 Å². The van der Waals surface area contributed by atoms with E-state index in [4.69, 9.17) is 10.7 Å². The average Bonchev–Trinajstić information content (AvgIpc) is 3.10. The fourth-order valence-electron chi connectivity index (χ4n) is 6.22. The number of aromatic nitrogens is 4. The van der Waals surface area contributed by atoms with Gasteiger partial charge >= 0.3 is 6.18 Å². The van der Waals surface area contributed by atoms with Crippen molar-refractivity contribution in [2.45, 2.75) is 37.6 Å². The van der Waals surface area contributed by atoms with Crippen LogP contribution >= 0.6 is 0 Å². The molecule has 184 valence electrons. The smallest absolute Gasteiger partial charge is 0.383 e. The van der Waals surface area contributed by atoms with Crippen molar-refractivity contribution in [2.75, 3.05) is 23.7 Å². The Balaban J connectivity index is 1.18. The van der Waals surface area contributed by atoms with Gasteiger partial charge in [-0.25, -0.2) is 9.98 Å². The lowest BCUT2D eigenvalue weighted by Gasteiger charge is -2.30. The molecule has 0 bridgehead atoms. The summed E-state index contributed by atoms with van der Waals surface area (Å²) < 4.78 is 40.7. The van der Waals surface area contributed by atoms with Gasteiger partial charge in [0.15, 0.2) is 5.82 Å². The first kappa shape index (κ1) is 21.4. The first-order chi connectivity index (χ1) is 17.4. The second kappa shape index (κ2) is 7.31. The Hall–Kier alpha value is -3.89. The van der Waals surface area contributed by atoms with Crippen LogP contribution in [-0.2, 0) is 19.3 Å². The lowest BCUT2D eigenvalue weighted by atomic mass is 10.1. The summed E-state index contributed by atoms with van der Waals surface area (Å²) in [5, 5.41) is 9.21. The highest BCUT2D eigenvalue weighted by Gasteiger charge is 2.64. The molecule has 0 radical (unpaired) electrons. The van der Waals surface area contributed by atoms with E-state index in [9.17, 15) is 13.2 Å². The third kappa shape index (κ3) is 2.94. The van der Waals surface area contributed by atoms with Crippen LogP contribution in [0.4, 0.5) is 24.7 Å². The maximum Gasteiger partial charge on any atom is 0.451 e. The number of nitrogen functional groups attached to an aromatic ring is 1. The van der Waals surface area contributed by atoms with Crippen molar-refractivity contribution in [2.24, 2.45) is 10.9 Å². The molecule has 2 unspecified atom stereocenters.